The predicted molar refractivity (Wildman–Crippen MR) is 70.5 cm³/mol. The lowest BCUT2D eigenvalue weighted by molar-refractivity contribution is 1.13. The summed E-state index contributed by atoms with van der Waals surface area (Å²) in [6.45, 7) is 0. The van der Waals surface area contributed by atoms with Gasteiger partial charge in [0, 0.05) is 28.4 Å². The largest absolute Gasteiger partial charge is 0.306 e. The Morgan fingerprint density at radius 1 is 1.06 bits per heavy atom. The van der Waals surface area contributed by atoms with Gasteiger partial charge in [-0.25, -0.2) is 4.98 Å². The zero-order valence-electron chi connectivity index (χ0n) is 9.45. The van der Waals surface area contributed by atoms with Gasteiger partial charge in [0.25, 0.3) is 0 Å². The number of nitriles is 1. The molecule has 4 heteroatoms. The van der Waals surface area contributed by atoms with Crippen molar-refractivity contribution in [3.05, 3.63) is 60.6 Å². The highest BCUT2D eigenvalue weighted by Crippen LogP contribution is 2.27. The van der Waals surface area contributed by atoms with Crippen molar-refractivity contribution >= 4 is 17.4 Å². The highest BCUT2D eigenvalue weighted by atomic mass is 32.2. The van der Waals surface area contributed by atoms with E-state index in [-0.39, 0.29) is 0 Å². The maximum Gasteiger partial charge on any atom is 0.136 e. The second kappa shape index (κ2) is 4.55. The fourth-order valence-corrected chi connectivity index (χ4v) is 2.54. The van der Waals surface area contributed by atoms with Gasteiger partial charge in [0.2, 0.25) is 0 Å². The van der Waals surface area contributed by atoms with Crippen molar-refractivity contribution in [1.29, 1.82) is 5.26 Å². The van der Waals surface area contributed by atoms with Crippen LogP contribution in [0.3, 0.4) is 0 Å². The lowest BCUT2D eigenvalue weighted by atomic mass is 10.2. The van der Waals surface area contributed by atoms with Gasteiger partial charge in [-0.05, 0) is 36.4 Å². The Bertz CT molecular complexity index is 723. The topological polar surface area (TPSA) is 41.1 Å². The van der Waals surface area contributed by atoms with Crippen LogP contribution >= 0.6 is 11.8 Å². The lowest BCUT2D eigenvalue weighted by Gasteiger charge is -2.02. The van der Waals surface area contributed by atoms with E-state index >= 15 is 0 Å². The Kier molecular flexibility index (Phi) is 2.75. The number of rotatable bonds is 2. The standard InChI is InChI=1S/C14H9N3S/c15-9-11-1-3-12(4-2-11)18-13-5-6-14-16-7-8-17(14)10-13/h1-8,10H. The normalized spacial score (nSPS) is 10.4. The van der Waals surface area contributed by atoms with Gasteiger partial charge in [0.05, 0.1) is 11.6 Å². The number of fused-ring (bicyclic) bond motifs is 1. The maximum atomic E-state index is 8.75. The van der Waals surface area contributed by atoms with E-state index in [4.69, 9.17) is 5.26 Å². The summed E-state index contributed by atoms with van der Waals surface area (Å²) in [7, 11) is 0. The first-order chi connectivity index (χ1) is 8.85. The Hall–Kier alpha value is -2.25. The van der Waals surface area contributed by atoms with Gasteiger partial charge in [-0.3, -0.25) is 0 Å². The second-order valence-corrected chi connectivity index (χ2v) is 4.94. The van der Waals surface area contributed by atoms with Crippen LogP contribution in [0.4, 0.5) is 0 Å². The van der Waals surface area contributed by atoms with E-state index in [0.717, 1.165) is 15.4 Å². The van der Waals surface area contributed by atoms with Crippen LogP contribution in [0.5, 0.6) is 0 Å². The molecule has 0 saturated heterocycles. The molecule has 0 radical (unpaired) electrons. The van der Waals surface area contributed by atoms with Crippen LogP contribution < -0.4 is 0 Å². The molecule has 0 atom stereocenters. The van der Waals surface area contributed by atoms with Gasteiger partial charge in [-0.2, -0.15) is 5.26 Å². The molecule has 3 aromatic rings. The summed E-state index contributed by atoms with van der Waals surface area (Å²) in [4.78, 5) is 6.47. The van der Waals surface area contributed by atoms with Gasteiger partial charge >= 0.3 is 0 Å². The van der Waals surface area contributed by atoms with E-state index in [2.05, 4.69) is 11.1 Å². The van der Waals surface area contributed by atoms with Crippen LogP contribution in [0, 0.1) is 11.3 Å². The number of hydrogen-bond donors (Lipinski definition) is 0. The summed E-state index contributed by atoms with van der Waals surface area (Å²) in [5.74, 6) is 0. The molecule has 0 bridgehead atoms. The number of aromatic nitrogens is 2. The molecule has 3 rings (SSSR count). The molecule has 0 aliphatic rings. The average molecular weight is 251 g/mol. The molecule has 0 aliphatic heterocycles. The van der Waals surface area contributed by atoms with Gasteiger partial charge in [-0.15, -0.1) is 0 Å². The monoisotopic (exact) mass is 251 g/mol. The smallest absolute Gasteiger partial charge is 0.136 e. The minimum Gasteiger partial charge on any atom is -0.306 e. The molecular weight excluding hydrogens is 242 g/mol. The molecule has 0 unspecified atom stereocenters. The van der Waals surface area contributed by atoms with Crippen LogP contribution in [0.25, 0.3) is 5.65 Å². The minimum atomic E-state index is 0.685. The van der Waals surface area contributed by atoms with Crippen molar-refractivity contribution in [2.24, 2.45) is 0 Å². The molecule has 1 aromatic carbocycles. The van der Waals surface area contributed by atoms with E-state index in [9.17, 15) is 0 Å². The Balaban J connectivity index is 1.88. The van der Waals surface area contributed by atoms with E-state index in [1.165, 1.54) is 0 Å². The third kappa shape index (κ3) is 2.08. The Morgan fingerprint density at radius 2 is 1.83 bits per heavy atom. The summed E-state index contributed by atoms with van der Waals surface area (Å²) in [5.41, 5.74) is 1.63. The molecule has 18 heavy (non-hydrogen) atoms. The quantitative estimate of drug-likeness (QED) is 0.701. The Morgan fingerprint density at radius 3 is 2.61 bits per heavy atom. The number of hydrogen-bond acceptors (Lipinski definition) is 3. The summed E-state index contributed by atoms with van der Waals surface area (Å²) >= 11 is 1.67. The second-order valence-electron chi connectivity index (χ2n) is 3.80. The van der Waals surface area contributed by atoms with Crippen molar-refractivity contribution in [2.75, 3.05) is 0 Å². The zero-order chi connectivity index (χ0) is 12.4. The molecule has 0 amide bonds. The molecule has 0 saturated carbocycles. The van der Waals surface area contributed by atoms with E-state index in [1.807, 2.05) is 53.2 Å². The Labute approximate surface area is 109 Å². The van der Waals surface area contributed by atoms with Crippen molar-refractivity contribution < 1.29 is 0 Å². The fraction of sp³-hybridized carbons (Fsp3) is 0. The molecule has 0 N–H and O–H groups in total. The highest BCUT2D eigenvalue weighted by Gasteiger charge is 2.00. The van der Waals surface area contributed by atoms with Gasteiger partial charge in [-0.1, -0.05) is 11.8 Å². The van der Waals surface area contributed by atoms with Crippen molar-refractivity contribution in [2.45, 2.75) is 9.79 Å². The van der Waals surface area contributed by atoms with E-state index in [1.54, 1.807) is 18.0 Å². The number of pyridine rings is 1. The van der Waals surface area contributed by atoms with Gasteiger partial charge in [0.1, 0.15) is 5.65 Å². The molecule has 0 fully saturated rings. The molecule has 3 nitrogen and oxygen atoms in total. The van der Waals surface area contributed by atoms with Crippen molar-refractivity contribution in [3.8, 4) is 6.07 Å². The lowest BCUT2D eigenvalue weighted by Crippen LogP contribution is -1.83. The molecule has 2 aromatic heterocycles. The number of imidazole rings is 1. The maximum absolute atomic E-state index is 8.75. The first-order valence-corrected chi connectivity index (χ1v) is 6.27. The fourth-order valence-electron chi connectivity index (χ4n) is 1.69. The van der Waals surface area contributed by atoms with Gasteiger partial charge in [0.15, 0.2) is 0 Å². The average Bonchev–Trinajstić information content (AvgIpc) is 2.87. The predicted octanol–water partition coefficient (Wildman–Crippen LogP) is 3.36. The molecule has 2 heterocycles. The molecule has 86 valence electrons. The third-order valence-electron chi connectivity index (χ3n) is 2.58. The summed E-state index contributed by atoms with van der Waals surface area (Å²) in [6.07, 6.45) is 5.76. The third-order valence-corrected chi connectivity index (χ3v) is 3.57. The first-order valence-electron chi connectivity index (χ1n) is 5.46. The summed E-state index contributed by atoms with van der Waals surface area (Å²) in [5, 5.41) is 8.75. The van der Waals surface area contributed by atoms with Crippen LogP contribution in [0.15, 0.2) is 64.8 Å². The number of benzene rings is 1. The highest BCUT2D eigenvalue weighted by molar-refractivity contribution is 7.99. The van der Waals surface area contributed by atoms with Crippen LogP contribution in [-0.2, 0) is 0 Å². The molecular formula is C14H9N3S. The van der Waals surface area contributed by atoms with Crippen molar-refractivity contribution in [1.82, 2.24) is 9.38 Å². The van der Waals surface area contributed by atoms with Crippen LogP contribution in [0.2, 0.25) is 0 Å². The number of nitrogens with zero attached hydrogens (tertiary/aromatic N) is 3. The van der Waals surface area contributed by atoms with E-state index in [0.29, 0.717) is 5.56 Å². The van der Waals surface area contributed by atoms with Crippen LogP contribution in [-0.4, -0.2) is 9.38 Å². The molecule has 0 aliphatic carbocycles. The van der Waals surface area contributed by atoms with Crippen LogP contribution in [0.1, 0.15) is 5.56 Å². The summed E-state index contributed by atoms with van der Waals surface area (Å²) < 4.78 is 1.99. The van der Waals surface area contributed by atoms with E-state index < -0.39 is 0 Å². The first kappa shape index (κ1) is 10.9. The van der Waals surface area contributed by atoms with Crippen molar-refractivity contribution in [3.63, 3.8) is 0 Å². The molecule has 0 spiro atoms. The minimum absolute atomic E-state index is 0.685. The van der Waals surface area contributed by atoms with Gasteiger partial charge < -0.3 is 4.40 Å². The summed E-state index contributed by atoms with van der Waals surface area (Å²) in [6, 6.07) is 13.7. The zero-order valence-corrected chi connectivity index (χ0v) is 10.3. The SMILES string of the molecule is N#Cc1ccc(Sc2ccc3nccn3c2)cc1.